The Labute approximate surface area is 134 Å². The summed E-state index contributed by atoms with van der Waals surface area (Å²) in [6.45, 7) is 7.78. The lowest BCUT2D eigenvalue weighted by molar-refractivity contribution is 0.370. The molecule has 0 radical (unpaired) electrons. The zero-order valence-electron chi connectivity index (χ0n) is 14.4. The summed E-state index contributed by atoms with van der Waals surface area (Å²) in [4.78, 5) is 6.79. The molecule has 0 aromatic heterocycles. The predicted molar refractivity (Wildman–Crippen MR) is 92.6 cm³/mol. The van der Waals surface area contributed by atoms with Gasteiger partial charge in [-0.1, -0.05) is 26.0 Å². The molecule has 0 bridgehead atoms. The topological polar surface area (TPSA) is 36.9 Å². The van der Waals surface area contributed by atoms with Crippen molar-refractivity contribution >= 4 is 5.96 Å². The fourth-order valence-electron chi connectivity index (χ4n) is 2.95. The number of hydrogen-bond acceptors (Lipinski definition) is 2. The van der Waals surface area contributed by atoms with Gasteiger partial charge in [-0.15, -0.1) is 0 Å². The van der Waals surface area contributed by atoms with Crippen LogP contribution in [0.5, 0.6) is 5.75 Å². The van der Waals surface area contributed by atoms with E-state index in [2.05, 4.69) is 41.2 Å². The van der Waals surface area contributed by atoms with Gasteiger partial charge in [0.2, 0.25) is 0 Å². The lowest BCUT2D eigenvalue weighted by Crippen LogP contribution is -2.41. The number of ether oxygens (including phenoxy) is 1. The van der Waals surface area contributed by atoms with Crippen LogP contribution in [-0.4, -0.2) is 44.7 Å². The van der Waals surface area contributed by atoms with Crippen molar-refractivity contribution in [1.29, 1.82) is 0 Å². The zero-order valence-corrected chi connectivity index (χ0v) is 14.4. The summed E-state index contributed by atoms with van der Waals surface area (Å²) in [7, 11) is 3.58. The van der Waals surface area contributed by atoms with Crippen LogP contribution in [0.15, 0.2) is 29.3 Å². The number of benzene rings is 1. The normalized spacial score (nSPS) is 17.6. The molecule has 4 heteroatoms. The van der Waals surface area contributed by atoms with E-state index >= 15 is 0 Å². The number of guanidine groups is 1. The number of nitrogens with one attached hydrogen (secondary N) is 1. The zero-order chi connectivity index (χ0) is 16.0. The highest BCUT2D eigenvalue weighted by molar-refractivity contribution is 5.80. The fraction of sp³-hybridized carbons (Fsp3) is 0.611. The molecule has 22 heavy (non-hydrogen) atoms. The third kappa shape index (κ3) is 4.65. The van der Waals surface area contributed by atoms with Crippen LogP contribution in [0.1, 0.15) is 32.3 Å². The Morgan fingerprint density at radius 2 is 2.23 bits per heavy atom. The molecular weight excluding hydrogens is 274 g/mol. The van der Waals surface area contributed by atoms with Gasteiger partial charge in [-0.3, -0.25) is 4.99 Å². The van der Waals surface area contributed by atoms with Crippen molar-refractivity contribution in [2.24, 2.45) is 10.4 Å². The van der Waals surface area contributed by atoms with Crippen LogP contribution < -0.4 is 10.1 Å². The molecule has 4 nitrogen and oxygen atoms in total. The van der Waals surface area contributed by atoms with Gasteiger partial charge in [0.15, 0.2) is 5.96 Å². The number of aliphatic imine (C=N–C) groups is 1. The minimum Gasteiger partial charge on any atom is -0.497 e. The van der Waals surface area contributed by atoms with Crippen LogP contribution in [0.4, 0.5) is 0 Å². The lowest BCUT2D eigenvalue weighted by atomic mass is 9.93. The van der Waals surface area contributed by atoms with Gasteiger partial charge in [-0.2, -0.15) is 0 Å². The van der Waals surface area contributed by atoms with Crippen molar-refractivity contribution in [3.63, 3.8) is 0 Å². The Bertz CT molecular complexity index is 511. The van der Waals surface area contributed by atoms with Crippen LogP contribution in [-0.2, 0) is 6.42 Å². The van der Waals surface area contributed by atoms with Crippen molar-refractivity contribution in [3.05, 3.63) is 29.8 Å². The van der Waals surface area contributed by atoms with Crippen LogP contribution in [0, 0.1) is 5.41 Å². The molecule has 0 atom stereocenters. The maximum Gasteiger partial charge on any atom is 0.193 e. The molecule has 0 saturated carbocycles. The molecule has 1 aliphatic rings. The van der Waals surface area contributed by atoms with E-state index in [1.165, 1.54) is 12.0 Å². The van der Waals surface area contributed by atoms with Crippen LogP contribution in [0.2, 0.25) is 0 Å². The highest BCUT2D eigenvalue weighted by Crippen LogP contribution is 2.28. The van der Waals surface area contributed by atoms with Crippen molar-refractivity contribution in [3.8, 4) is 5.75 Å². The molecule has 1 saturated heterocycles. The van der Waals surface area contributed by atoms with Crippen LogP contribution >= 0.6 is 0 Å². The summed E-state index contributed by atoms with van der Waals surface area (Å²) in [6, 6.07) is 8.30. The minimum absolute atomic E-state index is 0.401. The number of likely N-dealkylation sites (tertiary alicyclic amines) is 1. The summed E-state index contributed by atoms with van der Waals surface area (Å²) in [5.41, 5.74) is 1.72. The third-order valence-electron chi connectivity index (χ3n) is 4.25. The smallest absolute Gasteiger partial charge is 0.193 e. The molecule has 1 aromatic rings. The Morgan fingerprint density at radius 3 is 2.86 bits per heavy atom. The number of nitrogens with zero attached hydrogens (tertiary/aromatic N) is 2. The van der Waals surface area contributed by atoms with E-state index < -0.39 is 0 Å². The van der Waals surface area contributed by atoms with Gasteiger partial charge >= 0.3 is 0 Å². The first kappa shape index (κ1) is 16.7. The van der Waals surface area contributed by atoms with Gasteiger partial charge < -0.3 is 15.0 Å². The Balaban J connectivity index is 1.75. The molecule has 2 rings (SSSR count). The first-order chi connectivity index (χ1) is 10.5. The van der Waals surface area contributed by atoms with E-state index in [4.69, 9.17) is 4.74 Å². The molecule has 0 aliphatic carbocycles. The Kier molecular flexibility index (Phi) is 5.69. The van der Waals surface area contributed by atoms with Gasteiger partial charge in [0.05, 0.1) is 7.11 Å². The molecule has 0 spiro atoms. The SMILES string of the molecule is CN=C(NCCCc1cccc(OC)c1)N1CCC(C)(C)C1. The molecule has 1 heterocycles. The molecule has 1 fully saturated rings. The van der Waals surface area contributed by atoms with Gasteiger partial charge in [0, 0.05) is 26.7 Å². The van der Waals surface area contributed by atoms with E-state index in [0.29, 0.717) is 5.41 Å². The van der Waals surface area contributed by atoms with E-state index in [1.54, 1.807) is 7.11 Å². The van der Waals surface area contributed by atoms with Crippen LogP contribution in [0.3, 0.4) is 0 Å². The Morgan fingerprint density at radius 1 is 1.41 bits per heavy atom. The van der Waals surface area contributed by atoms with Gasteiger partial charge in [-0.25, -0.2) is 0 Å². The van der Waals surface area contributed by atoms with E-state index in [1.807, 2.05) is 19.2 Å². The van der Waals surface area contributed by atoms with Crippen LogP contribution in [0.25, 0.3) is 0 Å². The summed E-state index contributed by atoms with van der Waals surface area (Å²) >= 11 is 0. The van der Waals surface area contributed by atoms with Crippen molar-refractivity contribution in [2.75, 3.05) is 33.8 Å². The first-order valence-electron chi connectivity index (χ1n) is 8.12. The number of aryl methyl sites for hydroxylation is 1. The van der Waals surface area contributed by atoms with E-state index in [9.17, 15) is 0 Å². The van der Waals surface area contributed by atoms with Gasteiger partial charge in [0.25, 0.3) is 0 Å². The highest BCUT2D eigenvalue weighted by atomic mass is 16.5. The van der Waals surface area contributed by atoms with Gasteiger partial charge in [-0.05, 0) is 42.4 Å². The number of rotatable bonds is 5. The van der Waals surface area contributed by atoms with Gasteiger partial charge in [0.1, 0.15) is 5.75 Å². The summed E-state index contributed by atoms with van der Waals surface area (Å²) in [6.07, 6.45) is 3.37. The lowest BCUT2D eigenvalue weighted by Gasteiger charge is -2.23. The van der Waals surface area contributed by atoms with Crippen molar-refractivity contribution < 1.29 is 4.74 Å². The van der Waals surface area contributed by atoms with E-state index in [-0.39, 0.29) is 0 Å². The summed E-state index contributed by atoms with van der Waals surface area (Å²) in [5.74, 6) is 1.97. The fourth-order valence-corrected chi connectivity index (χ4v) is 2.95. The monoisotopic (exact) mass is 303 g/mol. The molecule has 0 unspecified atom stereocenters. The van der Waals surface area contributed by atoms with Crippen molar-refractivity contribution in [2.45, 2.75) is 33.1 Å². The molecule has 1 aromatic carbocycles. The maximum atomic E-state index is 5.26. The largest absolute Gasteiger partial charge is 0.497 e. The maximum absolute atomic E-state index is 5.26. The second kappa shape index (κ2) is 7.52. The highest BCUT2D eigenvalue weighted by Gasteiger charge is 2.30. The third-order valence-corrected chi connectivity index (χ3v) is 4.25. The van der Waals surface area contributed by atoms with E-state index in [0.717, 1.165) is 44.2 Å². The predicted octanol–water partition coefficient (Wildman–Crippen LogP) is 2.94. The number of hydrogen-bond donors (Lipinski definition) is 1. The average Bonchev–Trinajstić information content (AvgIpc) is 2.87. The molecule has 122 valence electrons. The molecule has 1 aliphatic heterocycles. The summed E-state index contributed by atoms with van der Waals surface area (Å²) < 4.78 is 5.26. The summed E-state index contributed by atoms with van der Waals surface area (Å²) in [5, 5.41) is 3.49. The molecule has 1 N–H and O–H groups in total. The standard InChI is InChI=1S/C18H29N3O/c1-18(2)10-12-21(14-18)17(19-3)20-11-6-8-15-7-5-9-16(13-15)22-4/h5,7,9,13H,6,8,10-12,14H2,1-4H3,(H,19,20). The minimum atomic E-state index is 0.401. The molecular formula is C18H29N3O. The molecule has 0 amide bonds. The number of methoxy groups -OCH3 is 1. The Hall–Kier alpha value is -1.71. The van der Waals surface area contributed by atoms with Crippen molar-refractivity contribution in [1.82, 2.24) is 10.2 Å². The quantitative estimate of drug-likeness (QED) is 0.516. The first-order valence-corrected chi connectivity index (χ1v) is 8.12. The second-order valence-electron chi connectivity index (χ2n) is 6.76. The average molecular weight is 303 g/mol. The second-order valence-corrected chi connectivity index (χ2v) is 6.76.